The van der Waals surface area contributed by atoms with E-state index in [2.05, 4.69) is 58.3 Å². The molecule has 0 radical (unpaired) electrons. The molecule has 2 atom stereocenters. The van der Waals surface area contributed by atoms with Gasteiger partial charge in [-0.05, 0) is 68.7 Å². The summed E-state index contributed by atoms with van der Waals surface area (Å²) in [6.07, 6.45) is 8.14. The molecule has 1 saturated heterocycles. The van der Waals surface area contributed by atoms with Gasteiger partial charge in [-0.25, -0.2) is 0 Å². The van der Waals surface area contributed by atoms with E-state index in [1.165, 1.54) is 36.1 Å². The first-order valence-electron chi connectivity index (χ1n) is 12.7. The molecule has 180 valence electrons. The second-order valence-electron chi connectivity index (χ2n) is 10.4. The SMILES string of the molecule is Cc1nn(C)cc1CCC(=O)N1Cc2ccccc2NCC[C@H]2CC[C@@H](C1)N2CCC(C)C. The maximum absolute atomic E-state index is 13.6. The first kappa shape index (κ1) is 23.8. The summed E-state index contributed by atoms with van der Waals surface area (Å²) in [5.41, 5.74) is 4.58. The number of para-hydroxylation sites is 1. The molecule has 2 aliphatic rings. The van der Waals surface area contributed by atoms with E-state index in [1.807, 2.05) is 24.9 Å². The van der Waals surface area contributed by atoms with Crippen LogP contribution >= 0.6 is 0 Å². The maximum Gasteiger partial charge on any atom is 0.223 e. The predicted octanol–water partition coefficient (Wildman–Crippen LogP) is 4.38. The van der Waals surface area contributed by atoms with Gasteiger partial charge in [0.25, 0.3) is 0 Å². The molecule has 6 heteroatoms. The van der Waals surface area contributed by atoms with Gasteiger partial charge in [0.1, 0.15) is 0 Å². The van der Waals surface area contributed by atoms with Gasteiger partial charge in [-0.2, -0.15) is 5.10 Å². The summed E-state index contributed by atoms with van der Waals surface area (Å²) in [5.74, 6) is 0.949. The van der Waals surface area contributed by atoms with Crippen molar-refractivity contribution < 1.29 is 4.79 Å². The van der Waals surface area contributed by atoms with Crippen molar-refractivity contribution in [2.24, 2.45) is 13.0 Å². The zero-order valence-electron chi connectivity index (χ0n) is 20.9. The normalized spacial score (nSPS) is 21.5. The van der Waals surface area contributed by atoms with Crippen LogP contribution in [0.4, 0.5) is 5.69 Å². The fraction of sp³-hybridized carbons (Fsp3) is 0.630. The molecule has 6 nitrogen and oxygen atoms in total. The minimum absolute atomic E-state index is 0.250. The molecule has 2 aromatic rings. The monoisotopic (exact) mass is 451 g/mol. The number of rotatable bonds is 6. The Morgan fingerprint density at radius 2 is 1.97 bits per heavy atom. The molecule has 1 aromatic heterocycles. The molecule has 0 spiro atoms. The Morgan fingerprint density at radius 1 is 1.18 bits per heavy atom. The Kier molecular flexibility index (Phi) is 7.74. The van der Waals surface area contributed by atoms with E-state index in [1.54, 1.807) is 0 Å². The lowest BCUT2D eigenvalue weighted by Crippen LogP contribution is -2.45. The molecule has 0 aliphatic carbocycles. The number of nitrogens with zero attached hydrogens (tertiary/aromatic N) is 4. The summed E-state index contributed by atoms with van der Waals surface area (Å²) >= 11 is 0. The number of amides is 1. The topological polar surface area (TPSA) is 53.4 Å². The highest BCUT2D eigenvalue weighted by atomic mass is 16.2. The van der Waals surface area contributed by atoms with Gasteiger partial charge in [-0.3, -0.25) is 14.4 Å². The number of fused-ring (bicyclic) bond motifs is 3. The smallest absolute Gasteiger partial charge is 0.223 e. The lowest BCUT2D eigenvalue weighted by Gasteiger charge is -2.34. The molecule has 2 bridgehead atoms. The first-order chi connectivity index (χ1) is 15.9. The number of carbonyl (C=O) groups is 1. The fourth-order valence-electron chi connectivity index (χ4n) is 5.51. The lowest BCUT2D eigenvalue weighted by atomic mass is 10.1. The van der Waals surface area contributed by atoms with Gasteiger partial charge in [0.05, 0.1) is 5.69 Å². The van der Waals surface area contributed by atoms with Crippen molar-refractivity contribution in [1.82, 2.24) is 19.6 Å². The Hall–Kier alpha value is -2.34. The highest BCUT2D eigenvalue weighted by molar-refractivity contribution is 5.77. The molecular weight excluding hydrogens is 410 g/mol. The number of anilines is 1. The predicted molar refractivity (Wildman–Crippen MR) is 134 cm³/mol. The Morgan fingerprint density at radius 3 is 2.73 bits per heavy atom. The van der Waals surface area contributed by atoms with Crippen LogP contribution in [-0.2, 0) is 24.8 Å². The third-order valence-electron chi connectivity index (χ3n) is 7.41. The zero-order chi connectivity index (χ0) is 23.4. The standard InChI is InChI=1S/C27H41N5O/c1-20(2)14-16-32-24-10-11-25(32)19-31(18-23-7-5-6-8-26(23)28-15-13-24)27(33)12-9-22-17-30(4)29-21(22)3/h5-8,17,20,24-25,28H,9-16,18-19H2,1-4H3/t24-,25+/m1/s1. The van der Waals surface area contributed by atoms with Crippen LogP contribution in [0.3, 0.4) is 0 Å². The summed E-state index contributed by atoms with van der Waals surface area (Å²) < 4.78 is 1.84. The van der Waals surface area contributed by atoms with Crippen molar-refractivity contribution in [3.05, 3.63) is 47.3 Å². The summed E-state index contributed by atoms with van der Waals surface area (Å²) in [5, 5.41) is 8.12. The number of aryl methyl sites for hydroxylation is 3. The van der Waals surface area contributed by atoms with Crippen LogP contribution in [-0.4, -0.2) is 57.2 Å². The second kappa shape index (κ2) is 10.7. The van der Waals surface area contributed by atoms with Crippen molar-refractivity contribution in [1.29, 1.82) is 0 Å². The molecule has 0 saturated carbocycles. The number of benzene rings is 1. The Balaban J connectivity index is 1.54. The van der Waals surface area contributed by atoms with E-state index >= 15 is 0 Å². The molecule has 2 aliphatic heterocycles. The molecule has 0 unspecified atom stereocenters. The van der Waals surface area contributed by atoms with E-state index in [4.69, 9.17) is 0 Å². The number of hydrogen-bond donors (Lipinski definition) is 1. The van der Waals surface area contributed by atoms with Crippen LogP contribution < -0.4 is 5.32 Å². The van der Waals surface area contributed by atoms with E-state index in [0.717, 1.165) is 38.2 Å². The van der Waals surface area contributed by atoms with E-state index in [9.17, 15) is 4.79 Å². The van der Waals surface area contributed by atoms with Crippen molar-refractivity contribution in [2.45, 2.75) is 77.9 Å². The molecular formula is C27H41N5O. The summed E-state index contributed by atoms with van der Waals surface area (Å²) in [4.78, 5) is 18.4. The van der Waals surface area contributed by atoms with E-state index in [-0.39, 0.29) is 5.91 Å². The Labute approximate surface area is 199 Å². The highest BCUT2D eigenvalue weighted by Gasteiger charge is 2.35. The van der Waals surface area contributed by atoms with Crippen LogP contribution in [0.1, 0.15) is 62.8 Å². The van der Waals surface area contributed by atoms with Crippen LogP contribution in [0.2, 0.25) is 0 Å². The van der Waals surface area contributed by atoms with E-state index in [0.29, 0.717) is 31.0 Å². The molecule has 1 amide bonds. The third kappa shape index (κ3) is 5.97. The van der Waals surface area contributed by atoms with Gasteiger partial charge in [0.15, 0.2) is 0 Å². The average Bonchev–Trinajstić information content (AvgIpc) is 3.30. The highest BCUT2D eigenvalue weighted by Crippen LogP contribution is 2.30. The van der Waals surface area contributed by atoms with Crippen molar-refractivity contribution >= 4 is 11.6 Å². The molecule has 3 heterocycles. The van der Waals surface area contributed by atoms with Crippen molar-refractivity contribution in [3.8, 4) is 0 Å². The van der Waals surface area contributed by atoms with Crippen molar-refractivity contribution in [2.75, 3.05) is 25.0 Å². The summed E-state index contributed by atoms with van der Waals surface area (Å²) in [7, 11) is 1.94. The number of carbonyl (C=O) groups excluding carboxylic acids is 1. The van der Waals surface area contributed by atoms with Crippen LogP contribution in [0.25, 0.3) is 0 Å². The first-order valence-corrected chi connectivity index (χ1v) is 12.7. The third-order valence-corrected chi connectivity index (χ3v) is 7.41. The van der Waals surface area contributed by atoms with Crippen molar-refractivity contribution in [3.63, 3.8) is 0 Å². The van der Waals surface area contributed by atoms with Crippen LogP contribution in [0.15, 0.2) is 30.5 Å². The quantitative estimate of drug-likeness (QED) is 0.708. The molecule has 4 rings (SSSR count). The molecule has 1 fully saturated rings. The molecule has 1 aromatic carbocycles. The minimum Gasteiger partial charge on any atom is -0.385 e. The molecule has 1 N–H and O–H groups in total. The van der Waals surface area contributed by atoms with Crippen LogP contribution in [0.5, 0.6) is 0 Å². The number of aromatic nitrogens is 2. The minimum atomic E-state index is 0.250. The van der Waals surface area contributed by atoms with Gasteiger partial charge >= 0.3 is 0 Å². The summed E-state index contributed by atoms with van der Waals surface area (Å²) in [6, 6.07) is 9.57. The average molecular weight is 452 g/mol. The maximum atomic E-state index is 13.6. The van der Waals surface area contributed by atoms with E-state index < -0.39 is 0 Å². The fourth-order valence-corrected chi connectivity index (χ4v) is 5.51. The lowest BCUT2D eigenvalue weighted by molar-refractivity contribution is -0.132. The summed E-state index contributed by atoms with van der Waals surface area (Å²) in [6.45, 7) is 10.3. The molecule has 33 heavy (non-hydrogen) atoms. The zero-order valence-corrected chi connectivity index (χ0v) is 20.9. The largest absolute Gasteiger partial charge is 0.385 e. The van der Waals surface area contributed by atoms with Gasteiger partial charge in [-0.15, -0.1) is 0 Å². The van der Waals surface area contributed by atoms with Gasteiger partial charge in [0, 0.05) is 57.1 Å². The van der Waals surface area contributed by atoms with Gasteiger partial charge in [-0.1, -0.05) is 32.0 Å². The number of nitrogens with one attached hydrogen (secondary N) is 1. The number of hydrogen-bond acceptors (Lipinski definition) is 4. The Bertz CT molecular complexity index is 936. The van der Waals surface area contributed by atoms with Crippen LogP contribution in [0, 0.1) is 12.8 Å². The van der Waals surface area contributed by atoms with Gasteiger partial charge < -0.3 is 10.2 Å². The van der Waals surface area contributed by atoms with Gasteiger partial charge in [0.2, 0.25) is 5.91 Å². The second-order valence-corrected chi connectivity index (χ2v) is 10.4.